The minimum Gasteiger partial charge on any atom is -0.387 e. The van der Waals surface area contributed by atoms with Gasteiger partial charge in [-0.3, -0.25) is 9.78 Å². The van der Waals surface area contributed by atoms with Gasteiger partial charge in [-0.1, -0.05) is 74.9 Å². The van der Waals surface area contributed by atoms with E-state index < -0.39 is 0 Å². The summed E-state index contributed by atoms with van der Waals surface area (Å²) in [7, 11) is 0. The van der Waals surface area contributed by atoms with Crippen LogP contribution in [0.2, 0.25) is 0 Å². The Morgan fingerprint density at radius 1 is 1.09 bits per heavy atom. The zero-order chi connectivity index (χ0) is 23.8. The molecule has 0 spiro atoms. The molecule has 0 fully saturated rings. The molecular weight excluding hydrogens is 408 g/mol. The third kappa shape index (κ3) is 6.62. The van der Waals surface area contributed by atoms with E-state index >= 15 is 0 Å². The van der Waals surface area contributed by atoms with Gasteiger partial charge in [-0.15, -0.1) is 0 Å². The molecule has 0 radical (unpaired) electrons. The first kappa shape index (κ1) is 23.9. The molecule has 1 heterocycles. The molecule has 2 aromatic carbocycles. The number of benzene rings is 2. The van der Waals surface area contributed by atoms with Crippen LogP contribution in [-0.2, 0) is 13.0 Å². The minimum atomic E-state index is -0.187. The number of nitrogens with two attached hydrogens (primary N) is 1. The maximum absolute atomic E-state index is 12.7. The number of carbonyl (C=O) groups is 1. The van der Waals surface area contributed by atoms with Gasteiger partial charge in [0.1, 0.15) is 11.5 Å². The summed E-state index contributed by atoms with van der Waals surface area (Å²) in [5, 5.41) is 3.23. The number of hydrogen-bond donors (Lipinski definition) is 2. The smallest absolute Gasteiger partial charge is 0.185 e. The summed E-state index contributed by atoms with van der Waals surface area (Å²) in [6, 6.07) is 18.5. The molecule has 33 heavy (non-hydrogen) atoms. The SMILES string of the molecule is CCc1cccc(-c2cnc(C(=O)C(C)C)c(N=C(N)/C=C\NCc3cccc(C)c3)c2)c1. The number of aliphatic imine (C=N–C) groups is 1. The van der Waals surface area contributed by atoms with Crippen molar-refractivity contribution < 1.29 is 4.79 Å². The molecule has 5 nitrogen and oxygen atoms in total. The second-order valence-electron chi connectivity index (χ2n) is 8.40. The summed E-state index contributed by atoms with van der Waals surface area (Å²) in [4.78, 5) is 21.7. The molecule has 3 rings (SSSR count). The molecule has 0 aliphatic rings. The van der Waals surface area contributed by atoms with Crippen molar-refractivity contribution in [3.8, 4) is 11.1 Å². The minimum absolute atomic E-state index is 0.0584. The van der Waals surface area contributed by atoms with Crippen LogP contribution in [0.3, 0.4) is 0 Å². The predicted octanol–water partition coefficient (Wildman–Crippen LogP) is 5.75. The van der Waals surface area contributed by atoms with Gasteiger partial charge in [0.15, 0.2) is 5.78 Å². The number of Topliss-reactive ketones (excluding diaryl/α,β-unsaturated/α-hetero) is 1. The standard InChI is InChI=1S/C28H32N4O/c1-5-21-9-7-11-23(15-21)24-16-25(27(31-18-24)28(33)19(2)3)32-26(29)12-13-30-17-22-10-6-8-20(4)14-22/h6-16,18-19,30H,5,17H2,1-4H3,(H2,29,32)/b13-12-. The first-order valence-corrected chi connectivity index (χ1v) is 11.3. The summed E-state index contributed by atoms with van der Waals surface area (Å²) >= 11 is 0. The average Bonchev–Trinajstić information content (AvgIpc) is 2.81. The first-order chi connectivity index (χ1) is 15.9. The molecule has 3 N–H and O–H groups in total. The number of ketones is 1. The molecule has 5 heteroatoms. The Kier molecular flexibility index (Phi) is 8.14. The van der Waals surface area contributed by atoms with Gasteiger partial charge < -0.3 is 11.1 Å². The first-order valence-electron chi connectivity index (χ1n) is 11.3. The van der Waals surface area contributed by atoms with Crippen molar-refractivity contribution in [1.29, 1.82) is 0 Å². The van der Waals surface area contributed by atoms with Crippen LogP contribution in [-0.4, -0.2) is 16.6 Å². The Hall–Kier alpha value is -3.73. The van der Waals surface area contributed by atoms with Crippen LogP contribution < -0.4 is 11.1 Å². The number of nitrogens with one attached hydrogen (secondary N) is 1. The number of carbonyl (C=O) groups excluding carboxylic acids is 1. The quantitative estimate of drug-likeness (QED) is 0.252. The molecule has 170 valence electrons. The molecule has 0 aliphatic heterocycles. The Bertz CT molecular complexity index is 1180. The lowest BCUT2D eigenvalue weighted by molar-refractivity contribution is 0.0935. The van der Waals surface area contributed by atoms with E-state index in [0.29, 0.717) is 23.8 Å². The highest BCUT2D eigenvalue weighted by molar-refractivity contribution is 6.02. The van der Waals surface area contributed by atoms with E-state index in [1.807, 2.05) is 38.1 Å². The third-order valence-electron chi connectivity index (χ3n) is 5.30. The van der Waals surface area contributed by atoms with E-state index in [9.17, 15) is 4.79 Å². The number of pyridine rings is 1. The largest absolute Gasteiger partial charge is 0.387 e. The van der Waals surface area contributed by atoms with Gasteiger partial charge in [-0.05, 0) is 42.2 Å². The fraction of sp³-hybridized carbons (Fsp3) is 0.250. The number of amidine groups is 1. The highest BCUT2D eigenvalue weighted by atomic mass is 16.1. The van der Waals surface area contributed by atoms with E-state index in [0.717, 1.165) is 17.5 Å². The molecule has 3 aromatic rings. The summed E-state index contributed by atoms with van der Waals surface area (Å²) in [5.74, 6) is 0.0521. The van der Waals surface area contributed by atoms with Gasteiger partial charge >= 0.3 is 0 Å². The van der Waals surface area contributed by atoms with Crippen LogP contribution in [0.4, 0.5) is 5.69 Å². The number of hydrogen-bond acceptors (Lipinski definition) is 4. The molecule has 0 atom stereocenters. The molecule has 0 saturated heterocycles. The summed E-state index contributed by atoms with van der Waals surface area (Å²) in [6.45, 7) is 8.59. The van der Waals surface area contributed by atoms with Gasteiger partial charge in [-0.25, -0.2) is 4.99 Å². The molecule has 0 unspecified atom stereocenters. The fourth-order valence-electron chi connectivity index (χ4n) is 3.45. The maximum atomic E-state index is 12.7. The van der Waals surface area contributed by atoms with Crippen LogP contribution in [0, 0.1) is 12.8 Å². The highest BCUT2D eigenvalue weighted by Crippen LogP contribution is 2.28. The molecule has 0 aliphatic carbocycles. The van der Waals surface area contributed by atoms with Crippen molar-refractivity contribution in [3.05, 3.63) is 95.5 Å². The zero-order valence-electron chi connectivity index (χ0n) is 19.8. The molecular formula is C28H32N4O. The summed E-state index contributed by atoms with van der Waals surface area (Å²) in [6.07, 6.45) is 6.15. The van der Waals surface area contributed by atoms with E-state index in [1.165, 1.54) is 16.7 Å². The maximum Gasteiger partial charge on any atom is 0.185 e. The predicted molar refractivity (Wildman–Crippen MR) is 137 cm³/mol. The monoisotopic (exact) mass is 440 g/mol. The van der Waals surface area contributed by atoms with Gasteiger partial charge in [0, 0.05) is 30.4 Å². The van der Waals surface area contributed by atoms with Gasteiger partial charge in [0.05, 0.1) is 5.69 Å². The lowest BCUT2D eigenvalue weighted by Gasteiger charge is -2.10. The van der Waals surface area contributed by atoms with Crippen LogP contribution in [0.25, 0.3) is 11.1 Å². The van der Waals surface area contributed by atoms with Gasteiger partial charge in [0.25, 0.3) is 0 Å². The second kappa shape index (κ2) is 11.2. The van der Waals surface area contributed by atoms with E-state index in [1.54, 1.807) is 18.5 Å². The Morgan fingerprint density at radius 3 is 2.58 bits per heavy atom. The number of nitrogens with zero attached hydrogens (tertiary/aromatic N) is 2. The van der Waals surface area contributed by atoms with Crippen molar-refractivity contribution in [3.63, 3.8) is 0 Å². The lowest BCUT2D eigenvalue weighted by atomic mass is 10.00. The number of aromatic nitrogens is 1. The van der Waals surface area contributed by atoms with Crippen molar-refractivity contribution in [2.45, 2.75) is 40.7 Å². The second-order valence-corrected chi connectivity index (χ2v) is 8.40. The average molecular weight is 441 g/mol. The van der Waals surface area contributed by atoms with E-state index in [-0.39, 0.29) is 11.7 Å². The Balaban J connectivity index is 1.85. The van der Waals surface area contributed by atoms with Crippen LogP contribution in [0.15, 0.2) is 78.1 Å². The Labute approximate surface area is 196 Å². The zero-order valence-corrected chi connectivity index (χ0v) is 19.8. The number of aryl methyl sites for hydroxylation is 2. The summed E-state index contributed by atoms with van der Waals surface area (Å²) < 4.78 is 0. The Morgan fingerprint density at radius 2 is 1.85 bits per heavy atom. The summed E-state index contributed by atoms with van der Waals surface area (Å²) in [5.41, 5.74) is 12.6. The van der Waals surface area contributed by atoms with Crippen LogP contribution >= 0.6 is 0 Å². The fourth-order valence-corrected chi connectivity index (χ4v) is 3.45. The highest BCUT2D eigenvalue weighted by Gasteiger charge is 2.17. The molecule has 0 bridgehead atoms. The van der Waals surface area contributed by atoms with Crippen molar-refractivity contribution in [2.75, 3.05) is 0 Å². The van der Waals surface area contributed by atoms with Crippen LogP contribution in [0.1, 0.15) is 48.0 Å². The third-order valence-corrected chi connectivity index (χ3v) is 5.30. The van der Waals surface area contributed by atoms with E-state index in [4.69, 9.17) is 5.73 Å². The normalized spacial score (nSPS) is 11.8. The van der Waals surface area contributed by atoms with Gasteiger partial charge in [0.2, 0.25) is 0 Å². The lowest BCUT2D eigenvalue weighted by Crippen LogP contribution is -2.13. The van der Waals surface area contributed by atoms with E-state index in [2.05, 4.69) is 59.5 Å². The van der Waals surface area contributed by atoms with Crippen molar-refractivity contribution >= 4 is 17.3 Å². The van der Waals surface area contributed by atoms with Crippen LogP contribution in [0.5, 0.6) is 0 Å². The molecule has 0 saturated carbocycles. The van der Waals surface area contributed by atoms with Crippen molar-refractivity contribution in [1.82, 2.24) is 10.3 Å². The van der Waals surface area contributed by atoms with Crippen molar-refractivity contribution in [2.24, 2.45) is 16.6 Å². The molecule has 1 aromatic heterocycles. The number of rotatable bonds is 9. The topological polar surface area (TPSA) is 80.4 Å². The molecule has 0 amide bonds. The van der Waals surface area contributed by atoms with Gasteiger partial charge in [-0.2, -0.15) is 0 Å².